The van der Waals surface area contributed by atoms with Crippen molar-refractivity contribution in [3.8, 4) is 0 Å². The Morgan fingerprint density at radius 3 is 2.74 bits per heavy atom. The van der Waals surface area contributed by atoms with E-state index >= 15 is 0 Å². The Morgan fingerprint density at radius 2 is 2.09 bits per heavy atom. The lowest BCUT2D eigenvalue weighted by Crippen LogP contribution is -2.38. The number of nitrogens with zero attached hydrogens (tertiary/aromatic N) is 1. The zero-order chi connectivity index (χ0) is 16.9. The van der Waals surface area contributed by atoms with E-state index in [4.69, 9.17) is 0 Å². The molecule has 1 aromatic carbocycles. The van der Waals surface area contributed by atoms with E-state index in [0.717, 1.165) is 11.1 Å². The summed E-state index contributed by atoms with van der Waals surface area (Å²) in [6.07, 6.45) is -2.64. The summed E-state index contributed by atoms with van der Waals surface area (Å²) in [4.78, 5) is 15.8. The van der Waals surface area contributed by atoms with E-state index in [2.05, 4.69) is 15.6 Å². The summed E-state index contributed by atoms with van der Waals surface area (Å²) in [7, 11) is 0. The molecular formula is C15H16F3N3OS. The van der Waals surface area contributed by atoms with Gasteiger partial charge in [0.2, 0.25) is 0 Å². The minimum atomic E-state index is -4.39. The van der Waals surface area contributed by atoms with E-state index in [1.165, 1.54) is 23.5 Å². The summed E-state index contributed by atoms with van der Waals surface area (Å²) in [6, 6.07) is 4.67. The summed E-state index contributed by atoms with van der Waals surface area (Å²) in [5.41, 5.74) is -0.508. The molecule has 2 amide bonds. The molecule has 4 nitrogen and oxygen atoms in total. The molecule has 0 aliphatic heterocycles. The van der Waals surface area contributed by atoms with Crippen molar-refractivity contribution in [1.29, 1.82) is 0 Å². The quantitative estimate of drug-likeness (QED) is 0.868. The minimum absolute atomic E-state index is 0.106. The van der Waals surface area contributed by atoms with E-state index in [-0.39, 0.29) is 24.6 Å². The molecule has 1 heterocycles. The molecule has 2 rings (SSSR count). The number of thiazole rings is 1. The summed E-state index contributed by atoms with van der Waals surface area (Å²) in [5.74, 6) is 0. The van der Waals surface area contributed by atoms with Crippen LogP contribution in [-0.4, -0.2) is 17.6 Å². The largest absolute Gasteiger partial charge is 0.416 e. The van der Waals surface area contributed by atoms with Crippen LogP contribution in [0.3, 0.4) is 0 Å². The van der Waals surface area contributed by atoms with Crippen LogP contribution in [-0.2, 0) is 12.6 Å². The maximum absolute atomic E-state index is 12.9. The number of hydrogen-bond donors (Lipinski definition) is 2. The van der Waals surface area contributed by atoms with Gasteiger partial charge in [0.05, 0.1) is 11.6 Å². The van der Waals surface area contributed by atoms with Gasteiger partial charge in [-0.3, -0.25) is 0 Å². The van der Waals surface area contributed by atoms with Crippen LogP contribution < -0.4 is 10.6 Å². The van der Waals surface area contributed by atoms with Crippen LogP contribution in [0.2, 0.25) is 0 Å². The van der Waals surface area contributed by atoms with Gasteiger partial charge in [0.1, 0.15) is 5.01 Å². The molecule has 0 fully saturated rings. The molecule has 0 bridgehead atoms. The predicted molar refractivity (Wildman–Crippen MR) is 82.2 cm³/mol. The first-order chi connectivity index (χ1) is 10.9. The van der Waals surface area contributed by atoms with Crippen LogP contribution >= 0.6 is 11.3 Å². The number of aromatic nitrogens is 1. The molecule has 8 heteroatoms. The third kappa shape index (κ3) is 4.95. The summed E-state index contributed by atoms with van der Waals surface area (Å²) in [6.45, 7) is 1.90. The second kappa shape index (κ2) is 7.45. The topological polar surface area (TPSA) is 54.0 Å². The second-order valence-electron chi connectivity index (χ2n) is 4.90. The van der Waals surface area contributed by atoms with Gasteiger partial charge in [0.25, 0.3) is 0 Å². The second-order valence-corrected chi connectivity index (χ2v) is 5.82. The zero-order valence-electron chi connectivity index (χ0n) is 12.4. The van der Waals surface area contributed by atoms with Crippen molar-refractivity contribution in [3.63, 3.8) is 0 Å². The van der Waals surface area contributed by atoms with Crippen LogP contribution in [0.5, 0.6) is 0 Å². The van der Waals surface area contributed by atoms with Gasteiger partial charge < -0.3 is 10.6 Å². The van der Waals surface area contributed by atoms with Crippen molar-refractivity contribution in [2.45, 2.75) is 25.6 Å². The van der Waals surface area contributed by atoms with Gasteiger partial charge >= 0.3 is 12.2 Å². The number of amides is 2. The van der Waals surface area contributed by atoms with E-state index in [1.807, 2.05) is 0 Å². The van der Waals surface area contributed by atoms with Gasteiger partial charge in [0.15, 0.2) is 0 Å². The Kier molecular flexibility index (Phi) is 5.59. The van der Waals surface area contributed by atoms with Gasteiger partial charge in [-0.05, 0) is 25.0 Å². The molecule has 2 N–H and O–H groups in total. The Balaban J connectivity index is 1.85. The van der Waals surface area contributed by atoms with Crippen molar-refractivity contribution < 1.29 is 18.0 Å². The maximum Gasteiger partial charge on any atom is 0.416 e. The zero-order valence-corrected chi connectivity index (χ0v) is 13.2. The van der Waals surface area contributed by atoms with Gasteiger partial charge in [-0.25, -0.2) is 9.78 Å². The fraction of sp³-hybridized carbons (Fsp3) is 0.333. The number of benzene rings is 1. The van der Waals surface area contributed by atoms with Crippen LogP contribution in [0.15, 0.2) is 35.8 Å². The fourth-order valence-electron chi connectivity index (χ4n) is 2.08. The standard InChI is InChI=1S/C15H16F3N3OS/c1-10(13-19-8-9-23-13)21-14(22)20-7-6-11-4-2-3-5-12(11)15(16,17)18/h2-5,8-10H,6-7H2,1H3,(H2,20,21,22)/t10-/m1/s1. The Bertz CT molecular complexity index is 644. The maximum atomic E-state index is 12.9. The Hall–Kier alpha value is -2.09. The molecule has 23 heavy (non-hydrogen) atoms. The van der Waals surface area contributed by atoms with Crippen molar-refractivity contribution >= 4 is 17.4 Å². The van der Waals surface area contributed by atoms with Gasteiger partial charge in [0, 0.05) is 18.1 Å². The first-order valence-electron chi connectivity index (χ1n) is 6.97. The molecule has 0 aliphatic carbocycles. The molecule has 1 aromatic heterocycles. The number of urea groups is 1. The highest BCUT2D eigenvalue weighted by atomic mass is 32.1. The third-order valence-corrected chi connectivity index (χ3v) is 4.13. The van der Waals surface area contributed by atoms with Gasteiger partial charge in [-0.2, -0.15) is 13.2 Å². The normalized spacial score (nSPS) is 12.7. The first kappa shape index (κ1) is 17.3. The molecule has 0 aliphatic rings. The number of carbonyl (C=O) groups excluding carboxylic acids is 1. The van der Waals surface area contributed by atoms with Crippen molar-refractivity contribution in [2.24, 2.45) is 0 Å². The number of halogens is 3. The number of hydrogen-bond acceptors (Lipinski definition) is 3. The molecule has 124 valence electrons. The summed E-state index contributed by atoms with van der Waals surface area (Å²) in [5, 5.41) is 7.82. The lowest BCUT2D eigenvalue weighted by Gasteiger charge is -2.14. The number of nitrogens with one attached hydrogen (secondary N) is 2. The molecule has 0 unspecified atom stereocenters. The number of alkyl halides is 3. The molecule has 2 aromatic rings. The Labute approximate surface area is 135 Å². The monoisotopic (exact) mass is 343 g/mol. The average Bonchev–Trinajstić information content (AvgIpc) is 3.01. The molecule has 0 saturated carbocycles. The van der Waals surface area contributed by atoms with Crippen molar-refractivity contribution in [2.75, 3.05) is 6.54 Å². The lowest BCUT2D eigenvalue weighted by atomic mass is 10.0. The van der Waals surface area contributed by atoms with Crippen molar-refractivity contribution in [1.82, 2.24) is 15.6 Å². The van der Waals surface area contributed by atoms with E-state index in [0.29, 0.717) is 0 Å². The molecular weight excluding hydrogens is 327 g/mol. The van der Waals surface area contributed by atoms with E-state index < -0.39 is 17.8 Å². The van der Waals surface area contributed by atoms with Gasteiger partial charge in [-0.1, -0.05) is 18.2 Å². The fourth-order valence-corrected chi connectivity index (χ4v) is 2.73. The minimum Gasteiger partial charge on any atom is -0.338 e. The van der Waals surface area contributed by atoms with E-state index in [9.17, 15) is 18.0 Å². The SMILES string of the molecule is C[C@@H](NC(=O)NCCc1ccccc1C(F)(F)F)c1nccs1. The first-order valence-corrected chi connectivity index (χ1v) is 7.84. The summed E-state index contributed by atoms with van der Waals surface area (Å²) < 4.78 is 38.6. The highest BCUT2D eigenvalue weighted by molar-refractivity contribution is 7.09. The van der Waals surface area contributed by atoms with Crippen LogP contribution in [0.25, 0.3) is 0 Å². The van der Waals surface area contributed by atoms with Crippen LogP contribution in [0.4, 0.5) is 18.0 Å². The van der Waals surface area contributed by atoms with Crippen LogP contribution in [0, 0.1) is 0 Å². The molecule has 0 radical (unpaired) electrons. The van der Waals surface area contributed by atoms with Crippen molar-refractivity contribution in [3.05, 3.63) is 52.0 Å². The number of carbonyl (C=O) groups is 1. The average molecular weight is 343 g/mol. The molecule has 0 saturated heterocycles. The molecule has 1 atom stereocenters. The highest BCUT2D eigenvalue weighted by Crippen LogP contribution is 2.31. The lowest BCUT2D eigenvalue weighted by molar-refractivity contribution is -0.138. The van der Waals surface area contributed by atoms with Gasteiger partial charge in [-0.15, -0.1) is 11.3 Å². The Morgan fingerprint density at radius 1 is 1.35 bits per heavy atom. The smallest absolute Gasteiger partial charge is 0.338 e. The van der Waals surface area contributed by atoms with Crippen LogP contribution in [0.1, 0.15) is 29.1 Å². The highest BCUT2D eigenvalue weighted by Gasteiger charge is 2.32. The van der Waals surface area contributed by atoms with E-state index in [1.54, 1.807) is 24.6 Å². The molecule has 0 spiro atoms. The third-order valence-electron chi connectivity index (χ3n) is 3.17. The predicted octanol–water partition coefficient (Wildman–Crippen LogP) is 3.76. The summed E-state index contributed by atoms with van der Waals surface area (Å²) >= 11 is 1.42. The number of rotatable bonds is 5.